The van der Waals surface area contributed by atoms with E-state index in [0.717, 1.165) is 29.5 Å². The summed E-state index contributed by atoms with van der Waals surface area (Å²) in [6, 6.07) is 40.2. The first-order chi connectivity index (χ1) is 22.2. The van der Waals surface area contributed by atoms with Crippen molar-refractivity contribution in [3.05, 3.63) is 144 Å². The van der Waals surface area contributed by atoms with Crippen LogP contribution in [0.4, 0.5) is 0 Å². The van der Waals surface area contributed by atoms with Gasteiger partial charge in [0.2, 0.25) is 0 Å². The molecule has 0 aromatic heterocycles. The Morgan fingerprint density at radius 3 is 1.51 bits per heavy atom. The molecule has 5 atom stereocenters. The Balaban J connectivity index is 1.40. The SMILES string of the molecule is CC(=O)OC[C@H]1O[C@@H](OCCCc2ccccc2)[C@H](OCc2ccccc2)[C@@H](OCc2ccccc2)[C@@H]1OCc1ccccc1. The number of ether oxygens (including phenoxy) is 6. The summed E-state index contributed by atoms with van der Waals surface area (Å²) in [5, 5.41) is 0. The Morgan fingerprint density at radius 1 is 0.578 bits per heavy atom. The number of carbonyl (C=O) groups is 1. The third-order valence-corrected chi connectivity index (χ3v) is 7.63. The zero-order chi connectivity index (χ0) is 31.1. The van der Waals surface area contributed by atoms with Crippen molar-refractivity contribution in [3.8, 4) is 0 Å². The molecular weight excluding hydrogens is 568 g/mol. The number of carbonyl (C=O) groups excluding carboxylic acids is 1. The third-order valence-electron chi connectivity index (χ3n) is 7.63. The molecule has 0 spiro atoms. The predicted octanol–water partition coefficient (Wildman–Crippen LogP) is 6.68. The smallest absolute Gasteiger partial charge is 0.302 e. The third kappa shape index (κ3) is 10.3. The van der Waals surface area contributed by atoms with Crippen LogP contribution in [-0.4, -0.2) is 49.9 Å². The fourth-order valence-corrected chi connectivity index (χ4v) is 5.33. The van der Waals surface area contributed by atoms with Gasteiger partial charge in [-0.15, -0.1) is 0 Å². The van der Waals surface area contributed by atoms with Crippen LogP contribution < -0.4 is 0 Å². The molecule has 1 aliphatic heterocycles. The van der Waals surface area contributed by atoms with E-state index in [1.54, 1.807) is 0 Å². The lowest BCUT2D eigenvalue weighted by atomic mass is 9.97. The molecule has 0 bridgehead atoms. The van der Waals surface area contributed by atoms with Crippen LogP contribution in [0.2, 0.25) is 0 Å². The molecule has 0 unspecified atom stereocenters. The fraction of sp³-hybridized carbons (Fsp3) is 0.342. The van der Waals surface area contributed by atoms with Crippen LogP contribution in [-0.2, 0) is 59.5 Å². The summed E-state index contributed by atoms with van der Waals surface area (Å²) >= 11 is 0. The van der Waals surface area contributed by atoms with Gasteiger partial charge in [0.05, 0.1) is 26.4 Å². The van der Waals surface area contributed by atoms with E-state index >= 15 is 0 Å². The van der Waals surface area contributed by atoms with E-state index < -0.39 is 36.7 Å². The molecule has 0 saturated carbocycles. The molecule has 0 aliphatic carbocycles. The van der Waals surface area contributed by atoms with Crippen LogP contribution in [0.5, 0.6) is 0 Å². The molecule has 45 heavy (non-hydrogen) atoms. The van der Waals surface area contributed by atoms with E-state index in [2.05, 4.69) is 12.1 Å². The first-order valence-corrected chi connectivity index (χ1v) is 15.6. The molecule has 1 saturated heterocycles. The number of esters is 1. The van der Waals surface area contributed by atoms with Crippen LogP contribution >= 0.6 is 0 Å². The van der Waals surface area contributed by atoms with E-state index in [1.165, 1.54) is 12.5 Å². The highest BCUT2D eigenvalue weighted by Crippen LogP contribution is 2.31. The van der Waals surface area contributed by atoms with Gasteiger partial charge >= 0.3 is 5.97 Å². The standard InChI is InChI=1S/C38H42O7/c1-29(39)41-28-34-35(42-25-31-17-8-3-9-18-31)36(43-26-32-19-10-4-11-20-32)37(44-27-33-21-12-5-13-22-33)38(45-34)40-24-14-23-30-15-6-2-7-16-30/h2-13,15-22,34-38H,14,23-28H2,1H3/t34-,35-,36+,37-,38-/m1/s1. The monoisotopic (exact) mass is 610 g/mol. The van der Waals surface area contributed by atoms with Gasteiger partial charge in [-0.05, 0) is 35.1 Å². The summed E-state index contributed by atoms with van der Waals surface area (Å²) in [5.41, 5.74) is 4.29. The summed E-state index contributed by atoms with van der Waals surface area (Å²) in [6.07, 6.45) is -1.58. The molecule has 4 aromatic carbocycles. The fourth-order valence-electron chi connectivity index (χ4n) is 5.33. The maximum Gasteiger partial charge on any atom is 0.302 e. The van der Waals surface area contributed by atoms with Crippen molar-refractivity contribution < 1.29 is 33.2 Å². The maximum absolute atomic E-state index is 11.9. The Bertz CT molecular complexity index is 1390. The number of benzene rings is 4. The van der Waals surface area contributed by atoms with E-state index in [1.807, 2.05) is 109 Å². The van der Waals surface area contributed by atoms with E-state index in [4.69, 9.17) is 28.4 Å². The molecule has 0 N–H and O–H groups in total. The lowest BCUT2D eigenvalue weighted by molar-refractivity contribution is -0.327. The van der Waals surface area contributed by atoms with Crippen molar-refractivity contribution in [2.45, 2.75) is 70.3 Å². The van der Waals surface area contributed by atoms with Crippen molar-refractivity contribution in [1.29, 1.82) is 0 Å². The highest BCUT2D eigenvalue weighted by atomic mass is 16.7. The molecule has 7 nitrogen and oxygen atoms in total. The van der Waals surface area contributed by atoms with Crippen LogP contribution in [0.3, 0.4) is 0 Å². The van der Waals surface area contributed by atoms with Gasteiger partial charge < -0.3 is 28.4 Å². The second kappa shape index (κ2) is 17.6. The number of hydrogen-bond donors (Lipinski definition) is 0. The summed E-state index contributed by atoms with van der Waals surface area (Å²) in [4.78, 5) is 11.9. The maximum atomic E-state index is 11.9. The van der Waals surface area contributed by atoms with E-state index in [9.17, 15) is 4.79 Å². The molecule has 0 radical (unpaired) electrons. The Morgan fingerprint density at radius 2 is 1.02 bits per heavy atom. The van der Waals surface area contributed by atoms with Crippen molar-refractivity contribution >= 4 is 5.97 Å². The van der Waals surface area contributed by atoms with Crippen molar-refractivity contribution in [2.24, 2.45) is 0 Å². The molecule has 1 fully saturated rings. The van der Waals surface area contributed by atoms with Gasteiger partial charge in [-0.25, -0.2) is 0 Å². The Labute approximate surface area is 266 Å². The quantitative estimate of drug-likeness (QED) is 0.104. The zero-order valence-corrected chi connectivity index (χ0v) is 25.7. The molecule has 236 valence electrons. The Hall–Kier alpha value is -3.85. The molecule has 7 heteroatoms. The second-order valence-electron chi connectivity index (χ2n) is 11.1. The largest absolute Gasteiger partial charge is 0.463 e. The van der Waals surface area contributed by atoms with Crippen LogP contribution in [0, 0.1) is 0 Å². The molecule has 5 rings (SSSR count). The van der Waals surface area contributed by atoms with Gasteiger partial charge in [-0.1, -0.05) is 121 Å². The van der Waals surface area contributed by atoms with Gasteiger partial charge in [0.15, 0.2) is 6.29 Å². The highest BCUT2D eigenvalue weighted by Gasteiger charge is 2.49. The molecule has 1 aliphatic rings. The molecular formula is C38H42O7. The van der Waals surface area contributed by atoms with Gasteiger partial charge in [-0.2, -0.15) is 0 Å². The van der Waals surface area contributed by atoms with Gasteiger partial charge in [0.1, 0.15) is 31.0 Å². The van der Waals surface area contributed by atoms with Gasteiger partial charge in [-0.3, -0.25) is 4.79 Å². The first kappa shape index (κ1) is 32.5. The lowest BCUT2D eigenvalue weighted by Gasteiger charge is -2.45. The minimum absolute atomic E-state index is 0.00470. The molecule has 1 heterocycles. The predicted molar refractivity (Wildman–Crippen MR) is 171 cm³/mol. The van der Waals surface area contributed by atoms with Gasteiger partial charge in [0.25, 0.3) is 0 Å². The first-order valence-electron chi connectivity index (χ1n) is 15.6. The van der Waals surface area contributed by atoms with Crippen LogP contribution in [0.1, 0.15) is 35.6 Å². The van der Waals surface area contributed by atoms with Crippen LogP contribution in [0.15, 0.2) is 121 Å². The van der Waals surface area contributed by atoms with E-state index in [-0.39, 0.29) is 6.61 Å². The number of rotatable bonds is 16. The summed E-state index contributed by atoms with van der Waals surface area (Å²) in [7, 11) is 0. The topological polar surface area (TPSA) is 72.5 Å². The zero-order valence-electron chi connectivity index (χ0n) is 25.7. The van der Waals surface area contributed by atoms with Crippen molar-refractivity contribution in [1.82, 2.24) is 0 Å². The minimum atomic E-state index is -0.776. The lowest BCUT2D eigenvalue weighted by Crippen LogP contribution is -2.62. The normalized spacial score (nSPS) is 21.3. The average molecular weight is 611 g/mol. The molecule has 4 aromatic rings. The number of aryl methyl sites for hydroxylation is 1. The highest BCUT2D eigenvalue weighted by molar-refractivity contribution is 5.65. The Kier molecular flexibility index (Phi) is 12.7. The van der Waals surface area contributed by atoms with Crippen molar-refractivity contribution in [3.63, 3.8) is 0 Å². The number of hydrogen-bond acceptors (Lipinski definition) is 7. The summed E-state index contributed by atoms with van der Waals surface area (Å²) in [6.45, 7) is 2.83. The van der Waals surface area contributed by atoms with Crippen LogP contribution in [0.25, 0.3) is 0 Å². The summed E-state index contributed by atoms with van der Waals surface area (Å²) in [5.74, 6) is -0.398. The second-order valence-corrected chi connectivity index (χ2v) is 11.1. The van der Waals surface area contributed by atoms with Gasteiger partial charge in [0, 0.05) is 6.92 Å². The molecule has 0 amide bonds. The van der Waals surface area contributed by atoms with E-state index in [0.29, 0.717) is 26.4 Å². The summed E-state index contributed by atoms with van der Waals surface area (Å²) < 4.78 is 38.2. The average Bonchev–Trinajstić information content (AvgIpc) is 3.08. The van der Waals surface area contributed by atoms with Crippen molar-refractivity contribution in [2.75, 3.05) is 13.2 Å². The minimum Gasteiger partial charge on any atom is -0.463 e.